The molecule has 0 spiro atoms. The second-order valence-electron chi connectivity index (χ2n) is 5.43. The molecule has 1 amide bonds. The van der Waals surface area contributed by atoms with Crippen LogP contribution in [0.1, 0.15) is 29.1 Å². The Bertz CT molecular complexity index is 998. The van der Waals surface area contributed by atoms with Crippen molar-refractivity contribution in [1.82, 2.24) is 19.9 Å². The molecule has 0 saturated carbocycles. The maximum absolute atomic E-state index is 12.4. The maximum atomic E-state index is 12.4. The lowest BCUT2D eigenvalue weighted by Crippen LogP contribution is -2.28. The lowest BCUT2D eigenvalue weighted by atomic mass is 10.1. The van der Waals surface area contributed by atoms with Crippen molar-refractivity contribution in [2.45, 2.75) is 13.0 Å². The van der Waals surface area contributed by atoms with E-state index in [1.807, 2.05) is 0 Å². The number of nitrogens with one attached hydrogen (secondary N) is 1. The number of fused-ring (bicyclic) bond motifs is 1. The molecule has 2 heterocycles. The molecule has 0 saturated heterocycles. The number of nitro benzene ring substituents is 2. The number of carbonyl (C=O) groups excluding carboxylic acids is 1. The number of pyridine rings is 1. The highest BCUT2D eigenvalue weighted by molar-refractivity contribution is 5.95. The average Bonchev–Trinajstić information content (AvgIpc) is 3.05. The molecular formula is C15H12N6O5. The number of hydrogen-bond acceptors (Lipinski definition) is 7. The molecule has 26 heavy (non-hydrogen) atoms. The summed E-state index contributed by atoms with van der Waals surface area (Å²) in [5.74, 6) is -0.245. The molecule has 0 aliphatic rings. The fraction of sp³-hybridized carbons (Fsp3) is 0.133. The van der Waals surface area contributed by atoms with Crippen LogP contribution in [-0.2, 0) is 0 Å². The Labute approximate surface area is 145 Å². The van der Waals surface area contributed by atoms with E-state index in [2.05, 4.69) is 15.5 Å². The van der Waals surface area contributed by atoms with Crippen LogP contribution in [0.5, 0.6) is 0 Å². The van der Waals surface area contributed by atoms with Gasteiger partial charge in [0.05, 0.1) is 27.5 Å². The van der Waals surface area contributed by atoms with Crippen LogP contribution >= 0.6 is 0 Å². The normalized spacial score (nSPS) is 11.9. The van der Waals surface area contributed by atoms with Crippen LogP contribution in [0.2, 0.25) is 0 Å². The smallest absolute Gasteiger partial charge is 0.277 e. The zero-order valence-electron chi connectivity index (χ0n) is 13.4. The van der Waals surface area contributed by atoms with Crippen molar-refractivity contribution in [3.63, 3.8) is 0 Å². The third kappa shape index (κ3) is 3.17. The first kappa shape index (κ1) is 17.0. The monoisotopic (exact) mass is 356 g/mol. The van der Waals surface area contributed by atoms with Gasteiger partial charge in [-0.2, -0.15) is 0 Å². The number of hydrogen-bond donors (Lipinski definition) is 1. The first-order valence-corrected chi connectivity index (χ1v) is 7.41. The van der Waals surface area contributed by atoms with Crippen LogP contribution in [-0.4, -0.2) is 30.4 Å². The number of aromatic nitrogens is 3. The summed E-state index contributed by atoms with van der Waals surface area (Å²) < 4.78 is 1.68. The van der Waals surface area contributed by atoms with Crippen LogP contribution < -0.4 is 5.32 Å². The third-order valence-corrected chi connectivity index (χ3v) is 3.66. The van der Waals surface area contributed by atoms with Gasteiger partial charge in [0, 0.05) is 18.3 Å². The van der Waals surface area contributed by atoms with E-state index in [1.54, 1.807) is 35.7 Å². The number of benzene rings is 1. The van der Waals surface area contributed by atoms with Gasteiger partial charge in [-0.3, -0.25) is 29.4 Å². The molecule has 0 radical (unpaired) electrons. The van der Waals surface area contributed by atoms with Gasteiger partial charge in [-0.15, -0.1) is 10.2 Å². The Balaban J connectivity index is 1.90. The molecule has 1 unspecified atom stereocenters. The van der Waals surface area contributed by atoms with Crippen LogP contribution in [0, 0.1) is 20.2 Å². The van der Waals surface area contributed by atoms with Crippen molar-refractivity contribution >= 4 is 22.9 Å². The van der Waals surface area contributed by atoms with Gasteiger partial charge in [-0.25, -0.2) is 0 Å². The molecule has 11 heteroatoms. The summed E-state index contributed by atoms with van der Waals surface area (Å²) in [6, 6.07) is 7.49. The van der Waals surface area contributed by atoms with E-state index in [0.29, 0.717) is 11.5 Å². The minimum absolute atomic E-state index is 0.188. The van der Waals surface area contributed by atoms with Crippen LogP contribution in [0.15, 0.2) is 42.6 Å². The first-order valence-electron chi connectivity index (χ1n) is 7.41. The summed E-state index contributed by atoms with van der Waals surface area (Å²) >= 11 is 0. The Kier molecular flexibility index (Phi) is 4.27. The summed E-state index contributed by atoms with van der Waals surface area (Å²) in [5.41, 5.74) is -0.670. The summed E-state index contributed by atoms with van der Waals surface area (Å²) in [6.45, 7) is 1.66. The van der Waals surface area contributed by atoms with Crippen LogP contribution in [0.3, 0.4) is 0 Å². The predicted octanol–water partition coefficient (Wildman–Crippen LogP) is 2.04. The van der Waals surface area contributed by atoms with Crippen LogP contribution in [0.25, 0.3) is 5.65 Å². The second kappa shape index (κ2) is 6.55. The molecule has 0 aliphatic carbocycles. The third-order valence-electron chi connectivity index (χ3n) is 3.66. The molecule has 3 rings (SSSR count). The van der Waals surface area contributed by atoms with E-state index in [9.17, 15) is 25.0 Å². The van der Waals surface area contributed by atoms with Gasteiger partial charge in [-0.05, 0) is 19.1 Å². The second-order valence-corrected chi connectivity index (χ2v) is 5.43. The van der Waals surface area contributed by atoms with Gasteiger partial charge in [-0.1, -0.05) is 6.07 Å². The highest BCUT2D eigenvalue weighted by Gasteiger charge is 2.22. The van der Waals surface area contributed by atoms with E-state index >= 15 is 0 Å². The topological polar surface area (TPSA) is 146 Å². The molecule has 2 aromatic heterocycles. The fourth-order valence-corrected chi connectivity index (χ4v) is 2.44. The minimum atomic E-state index is -0.792. The van der Waals surface area contributed by atoms with Crippen molar-refractivity contribution in [3.05, 3.63) is 74.2 Å². The standard InChI is InChI=1S/C15H12N6O5/c1-9(14-18-17-13-4-2-3-5-19(13)14)16-15(22)10-6-11(20(23)24)8-12(7-10)21(25)26/h2-9H,1H3,(H,16,22). The lowest BCUT2D eigenvalue weighted by Gasteiger charge is -2.12. The van der Waals surface area contributed by atoms with Gasteiger partial charge in [0.1, 0.15) is 0 Å². The predicted molar refractivity (Wildman–Crippen MR) is 88.6 cm³/mol. The minimum Gasteiger partial charge on any atom is -0.342 e. The molecule has 1 atom stereocenters. The van der Waals surface area contributed by atoms with Crippen molar-refractivity contribution in [3.8, 4) is 0 Å². The zero-order valence-corrected chi connectivity index (χ0v) is 13.4. The SMILES string of the molecule is CC(NC(=O)c1cc([N+](=O)[O-])cc([N+](=O)[O-])c1)c1nnc2ccccn12. The summed E-state index contributed by atoms with van der Waals surface area (Å²) in [5, 5.41) is 32.5. The number of nitrogens with zero attached hydrogens (tertiary/aromatic N) is 5. The molecular weight excluding hydrogens is 344 g/mol. The van der Waals surface area contributed by atoms with Crippen molar-refractivity contribution < 1.29 is 14.6 Å². The maximum Gasteiger partial charge on any atom is 0.277 e. The van der Waals surface area contributed by atoms with E-state index in [4.69, 9.17) is 0 Å². The van der Waals surface area contributed by atoms with Gasteiger partial charge in [0.15, 0.2) is 11.5 Å². The van der Waals surface area contributed by atoms with E-state index in [1.165, 1.54) is 0 Å². The zero-order chi connectivity index (χ0) is 18.8. The van der Waals surface area contributed by atoms with Gasteiger partial charge in [0.2, 0.25) is 0 Å². The van der Waals surface area contributed by atoms with Crippen molar-refractivity contribution in [2.75, 3.05) is 0 Å². The number of amides is 1. The number of rotatable bonds is 5. The molecule has 0 fully saturated rings. The highest BCUT2D eigenvalue weighted by atomic mass is 16.6. The largest absolute Gasteiger partial charge is 0.342 e. The number of carbonyl (C=O) groups is 1. The summed E-state index contributed by atoms with van der Waals surface area (Å²) in [4.78, 5) is 32.7. The van der Waals surface area contributed by atoms with E-state index < -0.39 is 33.2 Å². The Hall–Kier alpha value is -3.89. The molecule has 0 bridgehead atoms. The molecule has 1 aromatic carbocycles. The van der Waals surface area contributed by atoms with Gasteiger partial charge in [0.25, 0.3) is 17.3 Å². The first-order chi connectivity index (χ1) is 12.4. The Morgan fingerprint density at radius 2 is 1.77 bits per heavy atom. The quantitative estimate of drug-likeness (QED) is 0.543. The molecule has 11 nitrogen and oxygen atoms in total. The molecule has 0 aliphatic heterocycles. The van der Waals surface area contributed by atoms with E-state index in [-0.39, 0.29) is 5.56 Å². The Morgan fingerprint density at radius 1 is 1.12 bits per heavy atom. The molecule has 132 valence electrons. The number of non-ortho nitro benzene ring substituents is 2. The summed E-state index contributed by atoms with van der Waals surface area (Å²) in [7, 11) is 0. The van der Waals surface area contributed by atoms with E-state index in [0.717, 1.165) is 18.2 Å². The van der Waals surface area contributed by atoms with Crippen molar-refractivity contribution in [2.24, 2.45) is 0 Å². The number of nitro groups is 2. The lowest BCUT2D eigenvalue weighted by molar-refractivity contribution is -0.394. The summed E-state index contributed by atoms with van der Waals surface area (Å²) in [6.07, 6.45) is 1.73. The average molecular weight is 356 g/mol. The molecule has 3 aromatic rings. The van der Waals surface area contributed by atoms with Crippen LogP contribution in [0.4, 0.5) is 11.4 Å². The van der Waals surface area contributed by atoms with Crippen molar-refractivity contribution in [1.29, 1.82) is 0 Å². The van der Waals surface area contributed by atoms with Gasteiger partial charge < -0.3 is 5.32 Å². The highest BCUT2D eigenvalue weighted by Crippen LogP contribution is 2.23. The molecule has 1 N–H and O–H groups in total. The van der Waals surface area contributed by atoms with Gasteiger partial charge >= 0.3 is 0 Å². The Morgan fingerprint density at radius 3 is 2.38 bits per heavy atom. The fourth-order valence-electron chi connectivity index (χ4n) is 2.44.